The molecule has 0 amide bonds. The van der Waals surface area contributed by atoms with Gasteiger partial charge in [0.05, 0.1) is 54.2 Å². The maximum Gasteiger partial charge on any atom is 0.337 e. The van der Waals surface area contributed by atoms with Gasteiger partial charge >= 0.3 is 12.0 Å². The molecule has 1 aliphatic heterocycles. The average molecular weight is 618 g/mol. The highest BCUT2D eigenvalue weighted by Gasteiger charge is 2.24. The maximum absolute atomic E-state index is 15.5. The molecular formula is C32H23F4N5O4. The molecule has 13 heteroatoms. The number of ether oxygens (including phenoxy) is 3. The fourth-order valence-electron chi connectivity index (χ4n) is 4.95. The molecule has 0 spiro atoms. The van der Waals surface area contributed by atoms with Gasteiger partial charge in [-0.1, -0.05) is 6.07 Å². The fourth-order valence-corrected chi connectivity index (χ4v) is 4.95. The molecule has 9 nitrogen and oxygen atoms in total. The molecule has 5 aromatic rings. The molecule has 1 atom stereocenters. The Balaban J connectivity index is 1.28. The number of rotatable bonds is 9. The van der Waals surface area contributed by atoms with Gasteiger partial charge in [-0.3, -0.25) is 0 Å². The molecule has 0 saturated carbocycles. The van der Waals surface area contributed by atoms with Crippen LogP contribution in [-0.2, 0) is 29.0 Å². The van der Waals surface area contributed by atoms with Crippen LogP contribution in [-0.4, -0.2) is 45.3 Å². The van der Waals surface area contributed by atoms with Crippen LogP contribution >= 0.6 is 0 Å². The molecule has 45 heavy (non-hydrogen) atoms. The molecule has 1 fully saturated rings. The summed E-state index contributed by atoms with van der Waals surface area (Å²) in [5.41, 5.74) is 0.612. The predicted molar refractivity (Wildman–Crippen MR) is 151 cm³/mol. The summed E-state index contributed by atoms with van der Waals surface area (Å²) < 4.78 is 77.5. The van der Waals surface area contributed by atoms with Crippen molar-refractivity contribution in [1.82, 2.24) is 19.5 Å². The van der Waals surface area contributed by atoms with Crippen molar-refractivity contribution in [2.45, 2.75) is 32.1 Å². The number of methoxy groups -OCH3 is 1. The van der Waals surface area contributed by atoms with Crippen molar-refractivity contribution in [3.05, 3.63) is 106 Å². The molecule has 0 N–H and O–H groups in total. The maximum atomic E-state index is 15.5. The van der Waals surface area contributed by atoms with E-state index in [-0.39, 0.29) is 35.8 Å². The van der Waals surface area contributed by atoms with Gasteiger partial charge in [-0.25, -0.2) is 32.3 Å². The molecule has 228 valence electrons. The molecule has 0 bridgehead atoms. The van der Waals surface area contributed by atoms with Crippen LogP contribution < -0.4 is 4.74 Å². The quantitative estimate of drug-likeness (QED) is 0.154. The minimum absolute atomic E-state index is 0.0437. The lowest BCUT2D eigenvalue weighted by atomic mass is 10.0. The normalized spacial score (nSPS) is 14.2. The van der Waals surface area contributed by atoms with Crippen LogP contribution in [0.2, 0.25) is 0 Å². The number of hydrogen-bond donors (Lipinski definition) is 0. The van der Waals surface area contributed by atoms with Crippen LogP contribution in [0.3, 0.4) is 0 Å². The van der Waals surface area contributed by atoms with Crippen molar-refractivity contribution in [2.75, 3.05) is 13.7 Å². The SMILES string of the molecule is COC(=O)c1ccc2nc(Cc3cc(F)c(-c4nc(OCc5ccc(C#N)cc5F)ncc4F)cc3F)n(CC3CCO3)c2c1. The van der Waals surface area contributed by atoms with Crippen LogP contribution in [0.15, 0.2) is 54.7 Å². The zero-order valence-corrected chi connectivity index (χ0v) is 23.7. The van der Waals surface area contributed by atoms with E-state index >= 15 is 8.78 Å². The predicted octanol–water partition coefficient (Wildman–Crippen LogP) is 5.67. The standard InChI is InChI=1S/C32H23F4N5O4/c1-43-31(42)18-4-5-27-28(10-18)41(15-21-6-7-44-21)29(39-27)11-20-9-25(35)22(12-24(20)34)30-26(36)14-38-32(40-30)45-16-19-3-2-17(13-37)8-23(19)33/h2-5,8-10,12,14,21H,6-7,11,15-16H2,1H3. The first kappa shape index (κ1) is 29.7. The summed E-state index contributed by atoms with van der Waals surface area (Å²) in [7, 11) is 1.28. The number of esters is 1. The highest BCUT2D eigenvalue weighted by molar-refractivity contribution is 5.93. The molecular weight excluding hydrogens is 594 g/mol. The molecule has 0 radical (unpaired) electrons. The van der Waals surface area contributed by atoms with Gasteiger partial charge in [-0.15, -0.1) is 0 Å². The summed E-state index contributed by atoms with van der Waals surface area (Å²) in [5.74, 6) is -3.63. The Bertz CT molecular complexity index is 1990. The lowest BCUT2D eigenvalue weighted by Crippen LogP contribution is -2.31. The van der Waals surface area contributed by atoms with E-state index in [1.165, 1.54) is 19.2 Å². The summed E-state index contributed by atoms with van der Waals surface area (Å²) in [6.45, 7) is 0.645. The number of nitrogens with zero attached hydrogens (tertiary/aromatic N) is 5. The zero-order valence-electron chi connectivity index (χ0n) is 23.7. The van der Waals surface area contributed by atoms with Crippen LogP contribution in [0.4, 0.5) is 17.6 Å². The number of hydrogen-bond acceptors (Lipinski definition) is 8. The monoisotopic (exact) mass is 617 g/mol. The van der Waals surface area contributed by atoms with Crippen molar-refractivity contribution in [3.63, 3.8) is 0 Å². The lowest BCUT2D eigenvalue weighted by molar-refractivity contribution is -0.0589. The van der Waals surface area contributed by atoms with E-state index in [1.54, 1.807) is 22.8 Å². The highest BCUT2D eigenvalue weighted by atomic mass is 19.1. The number of halogens is 4. The van der Waals surface area contributed by atoms with Crippen molar-refractivity contribution in [2.24, 2.45) is 0 Å². The fraction of sp³-hybridized carbons (Fsp3) is 0.219. The van der Waals surface area contributed by atoms with E-state index in [0.29, 0.717) is 35.6 Å². The number of benzene rings is 3. The zero-order chi connectivity index (χ0) is 31.7. The van der Waals surface area contributed by atoms with E-state index in [4.69, 9.17) is 19.5 Å². The van der Waals surface area contributed by atoms with Crippen molar-refractivity contribution >= 4 is 17.0 Å². The first-order valence-corrected chi connectivity index (χ1v) is 13.7. The van der Waals surface area contributed by atoms with Gasteiger partial charge in [0.15, 0.2) is 5.82 Å². The smallest absolute Gasteiger partial charge is 0.337 e. The van der Waals surface area contributed by atoms with Gasteiger partial charge in [0.2, 0.25) is 0 Å². The average Bonchev–Trinajstić information content (AvgIpc) is 3.36. The van der Waals surface area contributed by atoms with Gasteiger partial charge in [0, 0.05) is 24.2 Å². The molecule has 3 aromatic carbocycles. The van der Waals surface area contributed by atoms with Crippen molar-refractivity contribution in [1.29, 1.82) is 5.26 Å². The van der Waals surface area contributed by atoms with E-state index in [2.05, 4.69) is 15.0 Å². The van der Waals surface area contributed by atoms with Gasteiger partial charge in [0.25, 0.3) is 0 Å². The Morgan fingerprint density at radius 3 is 2.53 bits per heavy atom. The second kappa shape index (κ2) is 12.3. The number of fused-ring (bicyclic) bond motifs is 1. The van der Waals surface area contributed by atoms with Crippen LogP contribution in [0.1, 0.15) is 39.3 Å². The number of carbonyl (C=O) groups excluding carboxylic acids is 1. The first-order chi connectivity index (χ1) is 21.7. The van der Waals surface area contributed by atoms with Crippen molar-refractivity contribution < 1.29 is 36.6 Å². The molecule has 0 aliphatic carbocycles. The third-order valence-electron chi connectivity index (χ3n) is 7.43. The van der Waals surface area contributed by atoms with Crippen molar-refractivity contribution in [3.8, 4) is 23.3 Å². The number of imidazole rings is 1. The van der Waals surface area contributed by atoms with E-state index < -0.39 is 46.5 Å². The van der Waals surface area contributed by atoms with E-state index in [9.17, 15) is 13.6 Å². The molecule has 1 aliphatic rings. The minimum Gasteiger partial charge on any atom is -0.465 e. The van der Waals surface area contributed by atoms with Crippen LogP contribution in [0, 0.1) is 34.6 Å². The molecule has 1 saturated heterocycles. The Hall–Kier alpha value is -5.35. The summed E-state index contributed by atoms with van der Waals surface area (Å²) >= 11 is 0. The Labute approximate surface area is 253 Å². The topological polar surface area (TPSA) is 112 Å². The third kappa shape index (κ3) is 6.05. The summed E-state index contributed by atoms with van der Waals surface area (Å²) in [4.78, 5) is 24.3. The van der Waals surface area contributed by atoms with Gasteiger partial charge < -0.3 is 18.8 Å². The molecule has 6 rings (SSSR count). The Morgan fingerprint density at radius 2 is 1.82 bits per heavy atom. The highest BCUT2D eigenvalue weighted by Crippen LogP contribution is 2.30. The van der Waals surface area contributed by atoms with Gasteiger partial charge in [-0.2, -0.15) is 10.2 Å². The number of aromatic nitrogens is 4. The first-order valence-electron chi connectivity index (χ1n) is 13.7. The van der Waals surface area contributed by atoms with Gasteiger partial charge in [0.1, 0.15) is 35.6 Å². The molecule has 3 heterocycles. The largest absolute Gasteiger partial charge is 0.465 e. The second-order valence-electron chi connectivity index (χ2n) is 10.3. The van der Waals surface area contributed by atoms with Crippen LogP contribution in [0.5, 0.6) is 6.01 Å². The second-order valence-corrected chi connectivity index (χ2v) is 10.3. The van der Waals surface area contributed by atoms with E-state index in [0.717, 1.165) is 30.8 Å². The Kier molecular flexibility index (Phi) is 8.14. The third-order valence-corrected chi connectivity index (χ3v) is 7.43. The lowest BCUT2D eigenvalue weighted by Gasteiger charge is -2.27. The minimum atomic E-state index is -1.03. The molecule has 2 aromatic heterocycles. The summed E-state index contributed by atoms with van der Waals surface area (Å²) in [6.07, 6.45) is 1.34. The van der Waals surface area contributed by atoms with E-state index in [1.807, 2.05) is 6.07 Å². The number of nitriles is 1. The Morgan fingerprint density at radius 1 is 1.02 bits per heavy atom. The van der Waals surface area contributed by atoms with Crippen LogP contribution in [0.25, 0.3) is 22.3 Å². The molecule has 1 unspecified atom stereocenters. The summed E-state index contributed by atoms with van der Waals surface area (Å²) in [5, 5.41) is 8.89. The summed E-state index contributed by atoms with van der Waals surface area (Å²) in [6, 6.07) is 11.8. The van der Waals surface area contributed by atoms with Gasteiger partial charge in [-0.05, 0) is 54.4 Å². The number of carbonyl (C=O) groups is 1.